The smallest absolute Gasteiger partial charge is 0.368 e. The average molecular weight is 729 g/mol. The van der Waals surface area contributed by atoms with Gasteiger partial charge in [0.1, 0.15) is 42.2 Å². The number of aliphatic imine (C=N–C) groups is 1. The lowest BCUT2D eigenvalue weighted by Crippen LogP contribution is -2.42. The molecule has 270 valence electrons. The number of aromatic nitrogens is 4. The Morgan fingerprint density at radius 1 is 1.12 bits per heavy atom. The van der Waals surface area contributed by atoms with Crippen LogP contribution in [0.5, 0.6) is 11.5 Å². The SMILES string of the molecule is COc1cc(OC)c(Cl)c(-c2cc3cnc(Nc4ccncn4)cc3n(C3CCN(C(=O)/C=C/C[N+](C)(C)CC4=C([N+](=O)[O-])N=CC4)CC3)c2=O)c1. The number of anilines is 2. The average Bonchev–Trinajstić information content (AvgIpc) is 3.60. The van der Waals surface area contributed by atoms with Crippen LogP contribution in [0.2, 0.25) is 5.02 Å². The van der Waals surface area contributed by atoms with Crippen molar-refractivity contribution < 1.29 is 23.7 Å². The molecule has 15 nitrogen and oxygen atoms in total. The zero-order valence-electron chi connectivity index (χ0n) is 29.3. The predicted molar refractivity (Wildman–Crippen MR) is 198 cm³/mol. The monoisotopic (exact) mass is 728 g/mol. The summed E-state index contributed by atoms with van der Waals surface area (Å²) in [6, 6.07) is 8.44. The quantitative estimate of drug-likeness (QED) is 0.0905. The van der Waals surface area contributed by atoms with Gasteiger partial charge in [-0.1, -0.05) is 16.6 Å². The van der Waals surface area contributed by atoms with Crippen molar-refractivity contribution in [3.63, 3.8) is 0 Å². The first-order valence-electron chi connectivity index (χ1n) is 16.6. The number of carbonyl (C=O) groups excluding carboxylic acids is 1. The van der Waals surface area contributed by atoms with E-state index < -0.39 is 4.92 Å². The number of amides is 1. The molecule has 0 bridgehead atoms. The van der Waals surface area contributed by atoms with E-state index in [0.29, 0.717) is 101 Å². The minimum absolute atomic E-state index is 0.0904. The number of rotatable bonds is 12. The van der Waals surface area contributed by atoms with E-state index in [1.54, 1.807) is 58.4 Å². The molecule has 1 amide bonds. The molecule has 3 aromatic heterocycles. The van der Waals surface area contributed by atoms with Gasteiger partial charge in [0.15, 0.2) is 0 Å². The highest BCUT2D eigenvalue weighted by molar-refractivity contribution is 6.35. The number of hydrogen-bond donors (Lipinski definition) is 1. The summed E-state index contributed by atoms with van der Waals surface area (Å²) < 4.78 is 13.2. The molecule has 0 radical (unpaired) electrons. The van der Waals surface area contributed by atoms with Crippen LogP contribution in [0.25, 0.3) is 22.0 Å². The number of benzene rings is 1. The Hall–Kier alpha value is -5.67. The van der Waals surface area contributed by atoms with Crippen LogP contribution >= 0.6 is 11.6 Å². The van der Waals surface area contributed by atoms with Crippen LogP contribution < -0.4 is 20.3 Å². The zero-order valence-corrected chi connectivity index (χ0v) is 30.0. The number of nitrogens with zero attached hydrogens (tertiary/aromatic N) is 8. The fourth-order valence-corrected chi connectivity index (χ4v) is 6.88. The molecular formula is C36H39ClN9O6+. The number of likely N-dealkylation sites (tertiary alicyclic amines) is 1. The first-order valence-corrected chi connectivity index (χ1v) is 17.0. The number of nitro groups is 1. The molecule has 0 spiro atoms. The normalized spacial score (nSPS) is 15.1. The van der Waals surface area contributed by atoms with Gasteiger partial charge in [0, 0.05) is 72.7 Å². The minimum Gasteiger partial charge on any atom is -0.497 e. The molecule has 1 N–H and O–H groups in total. The molecule has 4 aromatic rings. The van der Waals surface area contributed by atoms with Gasteiger partial charge in [-0.3, -0.25) is 9.59 Å². The number of quaternary nitrogens is 1. The van der Waals surface area contributed by atoms with Crippen molar-refractivity contribution in [2.75, 3.05) is 59.8 Å². The standard InChI is InChI=1S/C36H38ClN9O6/c1-46(2,21-23-7-12-39-35(23)45(49)50)15-5-6-33(47)43-13-9-25(10-14-43)44-29-19-32(42-31-8-11-38-22-41-31)40-20-24(29)16-28(36(44)48)27-17-26(51-3)18-30(52-4)34(27)37/h5-6,8,11-12,16-20,22,25H,7,9-10,13-15,21H2,1-4H3/p+1/b6-5+. The van der Waals surface area contributed by atoms with Gasteiger partial charge in [-0.2, -0.15) is 0 Å². The third kappa shape index (κ3) is 7.80. The fraction of sp³-hybridized carbons (Fsp3) is 0.333. The van der Waals surface area contributed by atoms with E-state index in [2.05, 4.69) is 25.3 Å². The van der Waals surface area contributed by atoms with Crippen LogP contribution in [0.4, 0.5) is 11.6 Å². The van der Waals surface area contributed by atoms with E-state index in [4.69, 9.17) is 21.1 Å². The number of piperidine rings is 1. The maximum absolute atomic E-state index is 14.6. The summed E-state index contributed by atoms with van der Waals surface area (Å²) in [5, 5.41) is 15.5. The second-order valence-electron chi connectivity index (χ2n) is 13.2. The molecule has 0 atom stereocenters. The lowest BCUT2D eigenvalue weighted by molar-refractivity contribution is -0.880. The first kappa shape index (κ1) is 36.1. The first-order chi connectivity index (χ1) is 25.0. The number of carbonyl (C=O) groups is 1. The highest BCUT2D eigenvalue weighted by Crippen LogP contribution is 2.39. The third-order valence-corrected chi connectivity index (χ3v) is 9.57. The molecule has 0 unspecified atom stereocenters. The highest BCUT2D eigenvalue weighted by atomic mass is 35.5. The summed E-state index contributed by atoms with van der Waals surface area (Å²) in [5.74, 6) is 1.69. The van der Waals surface area contributed by atoms with Crippen LogP contribution in [0.15, 0.2) is 82.4 Å². The summed E-state index contributed by atoms with van der Waals surface area (Å²) in [7, 11) is 6.95. The minimum atomic E-state index is -0.451. The van der Waals surface area contributed by atoms with E-state index in [1.165, 1.54) is 20.5 Å². The molecule has 0 aliphatic carbocycles. The molecule has 6 rings (SSSR count). The van der Waals surface area contributed by atoms with Gasteiger partial charge < -0.3 is 38.9 Å². The van der Waals surface area contributed by atoms with Gasteiger partial charge in [-0.25, -0.2) is 15.0 Å². The molecule has 1 aromatic carbocycles. The van der Waals surface area contributed by atoms with E-state index >= 15 is 0 Å². The molecule has 1 fully saturated rings. The predicted octanol–water partition coefficient (Wildman–Crippen LogP) is 5.03. The summed E-state index contributed by atoms with van der Waals surface area (Å²) in [6.07, 6.45) is 11.2. The number of methoxy groups -OCH3 is 2. The van der Waals surface area contributed by atoms with Crippen LogP contribution in [0.3, 0.4) is 0 Å². The Labute approximate surface area is 304 Å². The van der Waals surface area contributed by atoms with Crippen LogP contribution in [0.1, 0.15) is 25.3 Å². The van der Waals surface area contributed by atoms with Crippen molar-refractivity contribution in [2.24, 2.45) is 4.99 Å². The molecule has 2 aliphatic heterocycles. The number of pyridine rings is 2. The largest absolute Gasteiger partial charge is 0.497 e. The van der Waals surface area contributed by atoms with Gasteiger partial charge in [0.25, 0.3) is 5.56 Å². The molecule has 1 saturated heterocycles. The topological polar surface area (TPSA) is 167 Å². The molecular weight excluding hydrogens is 690 g/mol. The summed E-state index contributed by atoms with van der Waals surface area (Å²) >= 11 is 6.78. The number of halogens is 1. The lowest BCUT2D eigenvalue weighted by atomic mass is 10.00. The number of fused-ring (bicyclic) bond motifs is 1. The van der Waals surface area contributed by atoms with Crippen molar-refractivity contribution in [1.82, 2.24) is 24.4 Å². The van der Waals surface area contributed by atoms with Crippen molar-refractivity contribution >= 4 is 46.3 Å². The Kier molecular flexibility index (Phi) is 10.6. The van der Waals surface area contributed by atoms with E-state index in [1.807, 2.05) is 26.2 Å². The second kappa shape index (κ2) is 15.3. The number of likely N-dealkylation sites (N-methyl/N-ethyl adjacent to an activating group) is 1. The lowest BCUT2D eigenvalue weighted by Gasteiger charge is -2.33. The maximum atomic E-state index is 14.6. The van der Waals surface area contributed by atoms with E-state index in [-0.39, 0.29) is 28.4 Å². The number of ether oxygens (including phenoxy) is 2. The van der Waals surface area contributed by atoms with Crippen molar-refractivity contribution in [2.45, 2.75) is 25.3 Å². The van der Waals surface area contributed by atoms with Crippen LogP contribution in [-0.2, 0) is 4.79 Å². The molecule has 0 saturated carbocycles. The van der Waals surface area contributed by atoms with Gasteiger partial charge in [-0.15, -0.1) is 0 Å². The van der Waals surface area contributed by atoms with Crippen molar-refractivity contribution in [3.05, 3.63) is 98.1 Å². The molecule has 2 aliphatic rings. The maximum Gasteiger partial charge on any atom is 0.368 e. The van der Waals surface area contributed by atoms with Gasteiger partial charge in [0.05, 0.1) is 51.0 Å². The Morgan fingerprint density at radius 3 is 2.60 bits per heavy atom. The van der Waals surface area contributed by atoms with Gasteiger partial charge >= 0.3 is 5.82 Å². The van der Waals surface area contributed by atoms with Crippen molar-refractivity contribution in [1.29, 1.82) is 0 Å². The Bertz CT molecular complexity index is 2160. The van der Waals surface area contributed by atoms with Crippen molar-refractivity contribution in [3.8, 4) is 22.6 Å². The third-order valence-electron chi connectivity index (χ3n) is 9.18. The number of hydrogen-bond acceptors (Lipinski definition) is 11. The molecule has 16 heteroatoms. The van der Waals surface area contributed by atoms with E-state index in [0.717, 1.165) is 0 Å². The summed E-state index contributed by atoms with van der Waals surface area (Å²) in [5.41, 5.74) is 1.91. The van der Waals surface area contributed by atoms with Crippen LogP contribution in [-0.4, -0.2) is 100 Å². The Morgan fingerprint density at radius 2 is 1.90 bits per heavy atom. The van der Waals surface area contributed by atoms with Crippen LogP contribution in [0, 0.1) is 10.1 Å². The summed E-state index contributed by atoms with van der Waals surface area (Å²) in [4.78, 5) is 57.2. The molecule has 5 heterocycles. The zero-order chi connectivity index (χ0) is 37.0. The van der Waals surface area contributed by atoms with Gasteiger partial charge in [0.2, 0.25) is 5.91 Å². The molecule has 52 heavy (non-hydrogen) atoms. The fourth-order valence-electron chi connectivity index (χ4n) is 6.59. The Balaban J connectivity index is 1.26. The van der Waals surface area contributed by atoms with Gasteiger partial charge in [-0.05, 0) is 42.0 Å². The second-order valence-corrected chi connectivity index (χ2v) is 13.6. The van der Waals surface area contributed by atoms with E-state index in [9.17, 15) is 19.7 Å². The number of nitrogens with one attached hydrogen (secondary N) is 1. The summed E-state index contributed by atoms with van der Waals surface area (Å²) in [6.45, 7) is 1.82. The highest BCUT2D eigenvalue weighted by Gasteiger charge is 2.29.